The maximum absolute atomic E-state index is 5.55. The molecule has 0 bridgehead atoms. The summed E-state index contributed by atoms with van der Waals surface area (Å²) in [5.41, 5.74) is 6.76. The predicted octanol–water partition coefficient (Wildman–Crippen LogP) is 1.29. The summed E-state index contributed by atoms with van der Waals surface area (Å²) in [7, 11) is 0. The molecule has 2 N–H and O–H groups in total. The average Bonchev–Trinajstić information content (AvgIpc) is 2.67. The van der Waals surface area contributed by atoms with Crippen LogP contribution in [0.15, 0.2) is 18.5 Å². The van der Waals surface area contributed by atoms with Crippen molar-refractivity contribution in [1.29, 1.82) is 0 Å². The van der Waals surface area contributed by atoms with Crippen molar-refractivity contribution in [2.45, 2.75) is 26.9 Å². The van der Waals surface area contributed by atoms with Gasteiger partial charge in [0.15, 0.2) is 0 Å². The van der Waals surface area contributed by atoms with Gasteiger partial charge < -0.3 is 15.2 Å². The van der Waals surface area contributed by atoms with Crippen molar-refractivity contribution in [2.75, 3.05) is 19.6 Å². The Balaban J connectivity index is 2.37. The van der Waals surface area contributed by atoms with Crippen LogP contribution in [0.3, 0.4) is 0 Å². The zero-order valence-corrected chi connectivity index (χ0v) is 9.24. The normalized spacial score (nSPS) is 11.1. The van der Waals surface area contributed by atoms with Crippen molar-refractivity contribution in [3.8, 4) is 0 Å². The summed E-state index contributed by atoms with van der Waals surface area (Å²) in [5, 5.41) is 0. The molecular formula is C11H21N3. The molecular weight excluding hydrogens is 174 g/mol. The van der Waals surface area contributed by atoms with E-state index < -0.39 is 0 Å². The SMILES string of the molecule is CCN(CC)CCn1ccc(CN)c1. The zero-order valence-electron chi connectivity index (χ0n) is 9.24. The van der Waals surface area contributed by atoms with E-state index in [2.05, 4.69) is 41.8 Å². The topological polar surface area (TPSA) is 34.2 Å². The summed E-state index contributed by atoms with van der Waals surface area (Å²) >= 11 is 0. The monoisotopic (exact) mass is 195 g/mol. The molecule has 0 amide bonds. The molecule has 1 aromatic heterocycles. The average molecular weight is 195 g/mol. The highest BCUT2D eigenvalue weighted by Gasteiger charge is 1.99. The van der Waals surface area contributed by atoms with Crippen LogP contribution in [0.1, 0.15) is 19.4 Å². The lowest BCUT2D eigenvalue weighted by Crippen LogP contribution is -2.26. The second kappa shape index (κ2) is 5.83. The van der Waals surface area contributed by atoms with E-state index in [-0.39, 0.29) is 0 Å². The molecule has 0 aromatic carbocycles. The molecule has 1 aromatic rings. The third-order valence-electron chi connectivity index (χ3n) is 2.62. The molecule has 0 aliphatic carbocycles. The Morgan fingerprint density at radius 2 is 2.07 bits per heavy atom. The van der Waals surface area contributed by atoms with E-state index in [0.717, 1.165) is 26.2 Å². The first-order valence-electron chi connectivity index (χ1n) is 5.37. The Morgan fingerprint density at radius 1 is 1.36 bits per heavy atom. The van der Waals surface area contributed by atoms with Gasteiger partial charge in [-0.3, -0.25) is 0 Å². The van der Waals surface area contributed by atoms with E-state index in [4.69, 9.17) is 5.73 Å². The molecule has 3 heteroatoms. The predicted molar refractivity (Wildman–Crippen MR) is 60.1 cm³/mol. The van der Waals surface area contributed by atoms with Gasteiger partial charge in [-0.2, -0.15) is 0 Å². The fourth-order valence-electron chi connectivity index (χ4n) is 1.55. The molecule has 0 fully saturated rings. The van der Waals surface area contributed by atoms with Crippen LogP contribution in [0.5, 0.6) is 0 Å². The minimum atomic E-state index is 0.637. The number of hydrogen-bond acceptors (Lipinski definition) is 2. The van der Waals surface area contributed by atoms with Crippen LogP contribution in [-0.2, 0) is 13.1 Å². The molecule has 0 saturated heterocycles. The number of nitrogens with zero attached hydrogens (tertiary/aromatic N) is 2. The Morgan fingerprint density at radius 3 is 2.57 bits per heavy atom. The molecule has 3 nitrogen and oxygen atoms in total. The molecule has 0 aliphatic rings. The lowest BCUT2D eigenvalue weighted by Gasteiger charge is -2.17. The third-order valence-corrected chi connectivity index (χ3v) is 2.62. The fraction of sp³-hybridized carbons (Fsp3) is 0.636. The summed E-state index contributed by atoms with van der Waals surface area (Å²) in [5.74, 6) is 0. The van der Waals surface area contributed by atoms with Crippen molar-refractivity contribution in [1.82, 2.24) is 9.47 Å². The number of nitrogens with two attached hydrogens (primary N) is 1. The fourth-order valence-corrected chi connectivity index (χ4v) is 1.55. The molecule has 0 saturated carbocycles. The Labute approximate surface area is 86.5 Å². The van der Waals surface area contributed by atoms with Crippen molar-refractivity contribution in [3.63, 3.8) is 0 Å². The molecule has 1 heterocycles. The summed E-state index contributed by atoms with van der Waals surface area (Å²) in [4.78, 5) is 2.42. The highest BCUT2D eigenvalue weighted by molar-refractivity contribution is 5.09. The van der Waals surface area contributed by atoms with Gasteiger partial charge in [-0.05, 0) is 24.7 Å². The third kappa shape index (κ3) is 3.16. The quantitative estimate of drug-likeness (QED) is 0.742. The molecule has 0 radical (unpaired) electrons. The van der Waals surface area contributed by atoms with Crippen LogP contribution < -0.4 is 5.73 Å². The first-order chi connectivity index (χ1) is 6.80. The second-order valence-corrected chi connectivity index (χ2v) is 3.49. The minimum absolute atomic E-state index is 0.637. The van der Waals surface area contributed by atoms with E-state index in [0.29, 0.717) is 6.54 Å². The van der Waals surface area contributed by atoms with Crippen LogP contribution >= 0.6 is 0 Å². The number of aromatic nitrogens is 1. The molecule has 0 spiro atoms. The van der Waals surface area contributed by atoms with Gasteiger partial charge in [0.25, 0.3) is 0 Å². The Hall–Kier alpha value is -0.800. The van der Waals surface area contributed by atoms with Gasteiger partial charge >= 0.3 is 0 Å². The van der Waals surface area contributed by atoms with Gasteiger partial charge in [0.2, 0.25) is 0 Å². The molecule has 80 valence electrons. The molecule has 0 atom stereocenters. The van der Waals surface area contributed by atoms with Gasteiger partial charge in [-0.15, -0.1) is 0 Å². The number of likely N-dealkylation sites (N-methyl/N-ethyl adjacent to an activating group) is 1. The second-order valence-electron chi connectivity index (χ2n) is 3.49. The van der Waals surface area contributed by atoms with Gasteiger partial charge in [0.1, 0.15) is 0 Å². The molecule has 1 rings (SSSR count). The summed E-state index contributed by atoms with van der Waals surface area (Å²) in [6.07, 6.45) is 4.23. The molecule has 14 heavy (non-hydrogen) atoms. The largest absolute Gasteiger partial charge is 0.353 e. The zero-order chi connectivity index (χ0) is 10.4. The molecule has 0 aliphatic heterocycles. The first kappa shape index (κ1) is 11.3. The van der Waals surface area contributed by atoms with Crippen LogP contribution in [0.4, 0.5) is 0 Å². The van der Waals surface area contributed by atoms with E-state index in [1.54, 1.807) is 0 Å². The van der Waals surface area contributed by atoms with Crippen molar-refractivity contribution in [3.05, 3.63) is 24.0 Å². The van der Waals surface area contributed by atoms with Gasteiger partial charge in [0, 0.05) is 32.0 Å². The first-order valence-corrected chi connectivity index (χ1v) is 5.37. The molecule has 0 unspecified atom stereocenters. The van der Waals surface area contributed by atoms with E-state index >= 15 is 0 Å². The van der Waals surface area contributed by atoms with Crippen molar-refractivity contribution < 1.29 is 0 Å². The maximum Gasteiger partial charge on any atom is 0.0347 e. The van der Waals surface area contributed by atoms with Crippen LogP contribution in [0.25, 0.3) is 0 Å². The van der Waals surface area contributed by atoms with Crippen LogP contribution in [0.2, 0.25) is 0 Å². The number of rotatable bonds is 6. The minimum Gasteiger partial charge on any atom is -0.353 e. The Bertz CT molecular complexity index is 251. The van der Waals surface area contributed by atoms with Gasteiger partial charge in [0.05, 0.1) is 0 Å². The van der Waals surface area contributed by atoms with Crippen molar-refractivity contribution >= 4 is 0 Å². The van der Waals surface area contributed by atoms with Gasteiger partial charge in [-0.1, -0.05) is 13.8 Å². The number of hydrogen-bond donors (Lipinski definition) is 1. The Kier molecular flexibility index (Phi) is 4.70. The summed E-state index contributed by atoms with van der Waals surface area (Å²) < 4.78 is 2.21. The van der Waals surface area contributed by atoms with Crippen molar-refractivity contribution in [2.24, 2.45) is 5.73 Å². The highest BCUT2D eigenvalue weighted by atomic mass is 15.1. The van der Waals surface area contributed by atoms with Gasteiger partial charge in [-0.25, -0.2) is 0 Å². The smallest absolute Gasteiger partial charge is 0.0347 e. The lowest BCUT2D eigenvalue weighted by molar-refractivity contribution is 0.290. The van der Waals surface area contributed by atoms with Crippen LogP contribution in [-0.4, -0.2) is 29.1 Å². The highest BCUT2D eigenvalue weighted by Crippen LogP contribution is 2.00. The van der Waals surface area contributed by atoms with Crippen LogP contribution in [0, 0.1) is 0 Å². The van der Waals surface area contributed by atoms with E-state index in [9.17, 15) is 0 Å². The standard InChI is InChI=1S/C11H21N3/c1-3-13(4-2)7-8-14-6-5-11(9-12)10-14/h5-6,10H,3-4,7-9,12H2,1-2H3. The maximum atomic E-state index is 5.55. The lowest BCUT2D eigenvalue weighted by atomic mass is 10.3. The summed E-state index contributed by atoms with van der Waals surface area (Å²) in [6.45, 7) is 9.46. The summed E-state index contributed by atoms with van der Waals surface area (Å²) in [6, 6.07) is 2.09. The van der Waals surface area contributed by atoms with E-state index in [1.807, 2.05) is 0 Å². The van der Waals surface area contributed by atoms with E-state index in [1.165, 1.54) is 5.56 Å².